The van der Waals surface area contributed by atoms with Gasteiger partial charge in [0.2, 0.25) is 0 Å². The van der Waals surface area contributed by atoms with Crippen LogP contribution >= 0.6 is 11.6 Å². The summed E-state index contributed by atoms with van der Waals surface area (Å²) in [5, 5.41) is 2.41. The average molecular weight is 371 g/mol. The molecule has 0 saturated carbocycles. The molecule has 0 bridgehead atoms. The minimum atomic E-state index is -1.09. The number of nitrogens with two attached hydrogens (primary N) is 1. The summed E-state index contributed by atoms with van der Waals surface area (Å²) in [6.45, 7) is -0.420. The quantitative estimate of drug-likeness (QED) is 0.818. The van der Waals surface area contributed by atoms with Crippen LogP contribution in [0.25, 0.3) is 0 Å². The smallest absolute Gasteiger partial charge is 0.255 e. The van der Waals surface area contributed by atoms with Gasteiger partial charge in [-0.3, -0.25) is 9.59 Å². The maximum absolute atomic E-state index is 13.2. The number of rotatable bonds is 6. The molecule has 2 aromatic rings. The molecule has 0 aliphatic rings. The van der Waals surface area contributed by atoms with Crippen LogP contribution in [0.1, 0.15) is 10.4 Å². The van der Waals surface area contributed by atoms with Gasteiger partial charge in [-0.2, -0.15) is 0 Å². The molecule has 0 aliphatic heterocycles. The van der Waals surface area contributed by atoms with Crippen molar-refractivity contribution in [3.8, 4) is 11.5 Å². The number of carbonyl (C=O) groups excluding carboxylic acids is 2. The molecule has 0 saturated heterocycles. The Kier molecular flexibility index (Phi) is 5.76. The number of benzene rings is 2. The van der Waals surface area contributed by atoms with Gasteiger partial charge in [-0.15, -0.1) is 0 Å². The van der Waals surface area contributed by atoms with Crippen LogP contribution < -0.4 is 20.5 Å². The zero-order chi connectivity index (χ0) is 18.6. The molecule has 0 atom stereocenters. The van der Waals surface area contributed by atoms with Crippen LogP contribution in [-0.2, 0) is 4.79 Å². The van der Waals surface area contributed by atoms with Crippen molar-refractivity contribution in [1.29, 1.82) is 0 Å². The SMILES string of the molecule is COc1cc(C(=O)Nc2ccc(F)c(F)c2)cc(Cl)c1OCC(N)=O. The number of hydrogen-bond donors (Lipinski definition) is 2. The fourth-order valence-electron chi connectivity index (χ4n) is 1.91. The van der Waals surface area contributed by atoms with E-state index >= 15 is 0 Å². The number of anilines is 1. The van der Waals surface area contributed by atoms with Gasteiger partial charge >= 0.3 is 0 Å². The third-order valence-corrected chi connectivity index (χ3v) is 3.31. The van der Waals surface area contributed by atoms with Gasteiger partial charge in [0.25, 0.3) is 11.8 Å². The highest BCUT2D eigenvalue weighted by Gasteiger charge is 2.17. The predicted molar refractivity (Wildman–Crippen MR) is 87.0 cm³/mol. The largest absolute Gasteiger partial charge is 0.493 e. The van der Waals surface area contributed by atoms with Gasteiger partial charge in [-0.25, -0.2) is 8.78 Å². The molecule has 132 valence electrons. The minimum Gasteiger partial charge on any atom is -0.493 e. The van der Waals surface area contributed by atoms with Crippen LogP contribution in [0.15, 0.2) is 30.3 Å². The number of nitrogens with one attached hydrogen (secondary N) is 1. The fraction of sp³-hybridized carbons (Fsp3) is 0.125. The van der Waals surface area contributed by atoms with E-state index in [4.69, 9.17) is 26.8 Å². The number of ether oxygens (including phenoxy) is 2. The van der Waals surface area contributed by atoms with E-state index in [-0.39, 0.29) is 27.8 Å². The van der Waals surface area contributed by atoms with Crippen molar-refractivity contribution in [2.45, 2.75) is 0 Å². The summed E-state index contributed by atoms with van der Waals surface area (Å²) in [6, 6.07) is 5.53. The maximum Gasteiger partial charge on any atom is 0.255 e. The lowest BCUT2D eigenvalue weighted by Gasteiger charge is -2.13. The highest BCUT2D eigenvalue weighted by Crippen LogP contribution is 2.36. The Hall–Kier alpha value is -2.87. The van der Waals surface area contributed by atoms with Crippen molar-refractivity contribution < 1.29 is 27.8 Å². The summed E-state index contributed by atoms with van der Waals surface area (Å²) in [5.41, 5.74) is 5.14. The lowest BCUT2D eigenvalue weighted by atomic mass is 10.1. The zero-order valence-corrected chi connectivity index (χ0v) is 13.7. The fourth-order valence-corrected chi connectivity index (χ4v) is 2.18. The first-order chi connectivity index (χ1) is 11.8. The van der Waals surface area contributed by atoms with Crippen molar-refractivity contribution in [1.82, 2.24) is 0 Å². The molecule has 0 fully saturated rings. The van der Waals surface area contributed by atoms with Crippen LogP contribution in [-0.4, -0.2) is 25.5 Å². The van der Waals surface area contributed by atoms with Gasteiger partial charge in [-0.1, -0.05) is 11.6 Å². The summed E-state index contributed by atoms with van der Waals surface area (Å²) in [7, 11) is 1.32. The zero-order valence-electron chi connectivity index (χ0n) is 12.9. The normalized spacial score (nSPS) is 10.2. The van der Waals surface area contributed by atoms with E-state index in [0.717, 1.165) is 12.1 Å². The molecule has 0 aromatic heterocycles. The molecular weight excluding hydrogens is 358 g/mol. The van der Waals surface area contributed by atoms with Crippen LogP contribution in [0.3, 0.4) is 0 Å². The van der Waals surface area contributed by atoms with Crippen molar-refractivity contribution in [3.05, 3.63) is 52.6 Å². The Morgan fingerprint density at radius 2 is 1.92 bits per heavy atom. The highest BCUT2D eigenvalue weighted by atomic mass is 35.5. The third kappa shape index (κ3) is 4.57. The van der Waals surface area contributed by atoms with Gasteiger partial charge in [0.15, 0.2) is 29.7 Å². The Bertz CT molecular complexity index is 830. The first-order valence-corrected chi connectivity index (χ1v) is 7.24. The molecule has 0 radical (unpaired) electrons. The van der Waals surface area contributed by atoms with E-state index < -0.39 is 30.1 Å². The Labute approximate surface area is 146 Å². The molecule has 25 heavy (non-hydrogen) atoms. The number of hydrogen-bond acceptors (Lipinski definition) is 4. The van der Waals surface area contributed by atoms with Crippen molar-refractivity contribution in [2.75, 3.05) is 19.0 Å². The lowest BCUT2D eigenvalue weighted by Crippen LogP contribution is -2.20. The molecule has 2 aromatic carbocycles. The standard InChI is InChI=1S/C16H13ClF2N2O4/c1-24-13-5-8(4-10(17)15(13)25-7-14(20)22)16(23)21-9-2-3-11(18)12(19)6-9/h2-6H,7H2,1H3,(H2,20,22)(H,21,23). The average Bonchev–Trinajstić information content (AvgIpc) is 2.56. The molecule has 2 rings (SSSR count). The Morgan fingerprint density at radius 3 is 2.52 bits per heavy atom. The van der Waals surface area contributed by atoms with Crippen LogP contribution in [0.2, 0.25) is 5.02 Å². The van der Waals surface area contributed by atoms with Gasteiger partial charge in [0, 0.05) is 17.3 Å². The number of primary amides is 1. The summed E-state index contributed by atoms with van der Waals surface area (Å²) >= 11 is 6.04. The van der Waals surface area contributed by atoms with Gasteiger partial charge in [-0.05, 0) is 24.3 Å². The van der Waals surface area contributed by atoms with Crippen molar-refractivity contribution in [3.63, 3.8) is 0 Å². The number of halogens is 3. The van der Waals surface area contributed by atoms with E-state index in [9.17, 15) is 18.4 Å². The Balaban J connectivity index is 2.26. The highest BCUT2D eigenvalue weighted by molar-refractivity contribution is 6.32. The molecule has 3 N–H and O–H groups in total. The van der Waals surface area contributed by atoms with Crippen LogP contribution in [0, 0.1) is 11.6 Å². The van der Waals surface area contributed by atoms with Crippen LogP contribution in [0.4, 0.5) is 14.5 Å². The first-order valence-electron chi connectivity index (χ1n) is 6.87. The topological polar surface area (TPSA) is 90.7 Å². The number of carbonyl (C=O) groups is 2. The molecule has 2 amide bonds. The Morgan fingerprint density at radius 1 is 1.20 bits per heavy atom. The summed E-state index contributed by atoms with van der Waals surface area (Å²) in [5.74, 6) is -3.32. The maximum atomic E-state index is 13.2. The summed E-state index contributed by atoms with van der Waals surface area (Å²) < 4.78 is 36.3. The van der Waals surface area contributed by atoms with E-state index in [1.807, 2.05) is 0 Å². The molecule has 0 spiro atoms. The minimum absolute atomic E-state index is 0.0102. The molecule has 9 heteroatoms. The first kappa shape index (κ1) is 18.5. The van der Waals surface area contributed by atoms with E-state index in [2.05, 4.69) is 5.32 Å². The van der Waals surface area contributed by atoms with E-state index in [0.29, 0.717) is 0 Å². The number of amides is 2. The van der Waals surface area contributed by atoms with E-state index in [1.165, 1.54) is 25.3 Å². The summed E-state index contributed by atoms with van der Waals surface area (Å²) in [4.78, 5) is 23.1. The van der Waals surface area contributed by atoms with Gasteiger partial charge in [0.05, 0.1) is 12.1 Å². The summed E-state index contributed by atoms with van der Waals surface area (Å²) in [6.07, 6.45) is 0. The lowest BCUT2D eigenvalue weighted by molar-refractivity contribution is -0.119. The van der Waals surface area contributed by atoms with Crippen LogP contribution in [0.5, 0.6) is 11.5 Å². The van der Waals surface area contributed by atoms with Gasteiger partial charge in [0.1, 0.15) is 0 Å². The second-order valence-electron chi connectivity index (χ2n) is 4.83. The molecule has 0 heterocycles. The molecule has 0 aliphatic carbocycles. The van der Waals surface area contributed by atoms with Crippen molar-refractivity contribution >= 4 is 29.1 Å². The second-order valence-corrected chi connectivity index (χ2v) is 5.23. The van der Waals surface area contributed by atoms with Crippen molar-refractivity contribution in [2.24, 2.45) is 5.73 Å². The molecule has 6 nitrogen and oxygen atoms in total. The predicted octanol–water partition coefficient (Wildman–Crippen LogP) is 2.74. The monoisotopic (exact) mass is 370 g/mol. The van der Waals surface area contributed by atoms with E-state index in [1.54, 1.807) is 0 Å². The molecule has 0 unspecified atom stereocenters. The molecular formula is C16H13ClF2N2O4. The number of methoxy groups -OCH3 is 1. The second kappa shape index (κ2) is 7.80. The van der Waals surface area contributed by atoms with Gasteiger partial charge < -0.3 is 20.5 Å². The third-order valence-electron chi connectivity index (χ3n) is 3.03.